The molecule has 0 spiro atoms. The van der Waals surface area contributed by atoms with Crippen LogP contribution in [0.5, 0.6) is 0 Å². The molecule has 2 atom stereocenters. The lowest BCUT2D eigenvalue weighted by Crippen LogP contribution is -2.49. The Bertz CT molecular complexity index is 1290. The first-order valence-corrected chi connectivity index (χ1v) is 10.9. The van der Waals surface area contributed by atoms with E-state index in [0.717, 1.165) is 18.0 Å². The molecule has 1 aliphatic heterocycles. The largest absolute Gasteiger partial charge is 0.365 e. The van der Waals surface area contributed by atoms with Crippen molar-refractivity contribution in [3.63, 3.8) is 0 Å². The van der Waals surface area contributed by atoms with Crippen LogP contribution in [-0.2, 0) is 0 Å². The molecule has 1 aliphatic carbocycles. The highest BCUT2D eigenvalue weighted by Gasteiger charge is 2.36. The van der Waals surface area contributed by atoms with Crippen molar-refractivity contribution in [3.8, 4) is 0 Å². The van der Waals surface area contributed by atoms with Crippen LogP contribution in [0, 0.1) is 23.4 Å². The van der Waals surface area contributed by atoms with E-state index in [1.165, 1.54) is 9.47 Å². The van der Waals surface area contributed by atoms with Crippen LogP contribution in [0.2, 0.25) is 0 Å². The molecule has 2 fully saturated rings. The van der Waals surface area contributed by atoms with Crippen molar-refractivity contribution < 1.29 is 13.2 Å². The molecule has 3 aromatic rings. The van der Waals surface area contributed by atoms with Crippen LogP contribution < -0.4 is 21.6 Å². The van der Waals surface area contributed by atoms with Crippen molar-refractivity contribution in [3.05, 3.63) is 38.0 Å². The minimum atomic E-state index is -1.42. The zero-order valence-electron chi connectivity index (χ0n) is 16.3. The summed E-state index contributed by atoms with van der Waals surface area (Å²) in [5, 5.41) is -0.958. The molecule has 0 bridgehead atoms. The van der Waals surface area contributed by atoms with E-state index in [1.807, 2.05) is 6.92 Å². The van der Waals surface area contributed by atoms with E-state index in [2.05, 4.69) is 4.37 Å². The van der Waals surface area contributed by atoms with E-state index in [-0.39, 0.29) is 40.3 Å². The first-order chi connectivity index (χ1) is 14.3. The van der Waals surface area contributed by atoms with Crippen molar-refractivity contribution in [1.29, 1.82) is 0 Å². The molecule has 3 N–H and O–H groups in total. The summed E-state index contributed by atoms with van der Waals surface area (Å²) in [6.45, 7) is 2.56. The number of anilines is 1. The maximum atomic E-state index is 15.8. The number of hydrogen-bond acceptors (Lipinski definition) is 5. The Balaban J connectivity index is 1.83. The minimum Gasteiger partial charge on any atom is -0.365 e. The van der Waals surface area contributed by atoms with Gasteiger partial charge in [0.1, 0.15) is 15.9 Å². The number of nitrogens with two attached hydrogens (primary N) is 1. The fraction of sp³-hybridized carbons (Fsp3) is 0.500. The summed E-state index contributed by atoms with van der Waals surface area (Å²) in [5.41, 5.74) is 3.77. The number of nitrogens with zero attached hydrogens (tertiary/aromatic N) is 2. The van der Waals surface area contributed by atoms with Crippen LogP contribution in [0.4, 0.5) is 18.9 Å². The number of aromatic amines is 1. The van der Waals surface area contributed by atoms with Crippen molar-refractivity contribution in [2.24, 2.45) is 11.7 Å². The summed E-state index contributed by atoms with van der Waals surface area (Å²) < 4.78 is 50.1. The molecule has 0 radical (unpaired) electrons. The van der Waals surface area contributed by atoms with Gasteiger partial charge in [-0.3, -0.25) is 14.0 Å². The van der Waals surface area contributed by atoms with Gasteiger partial charge in [0.2, 0.25) is 5.43 Å². The smallest absolute Gasteiger partial charge is 0.271 e. The summed E-state index contributed by atoms with van der Waals surface area (Å²) in [5.74, 6) is -3.57. The van der Waals surface area contributed by atoms with Crippen molar-refractivity contribution in [2.75, 3.05) is 18.0 Å². The van der Waals surface area contributed by atoms with Crippen molar-refractivity contribution >= 4 is 38.3 Å². The number of fused-ring (bicyclic) bond motifs is 2. The van der Waals surface area contributed by atoms with Gasteiger partial charge in [-0.25, -0.2) is 13.2 Å². The van der Waals surface area contributed by atoms with Gasteiger partial charge < -0.3 is 15.2 Å². The van der Waals surface area contributed by atoms with Gasteiger partial charge in [0, 0.05) is 25.2 Å². The van der Waals surface area contributed by atoms with Crippen molar-refractivity contribution in [2.45, 2.75) is 44.7 Å². The zero-order chi connectivity index (χ0) is 21.3. The van der Waals surface area contributed by atoms with Crippen molar-refractivity contribution in [1.82, 2.24) is 8.94 Å². The standard InChI is InChI=1S/C20H21F3N4O2S/c1-2-8-5-6-26(7-10(8)24)17-14(22)13(21)11-16(15(17)23)27(9-3-4-9)20-12(18(11)28)19(29)25-30-20/h8-10H,2-7,24H2,1H3,(H,25,29)/t8-,10+/m0/s1. The van der Waals surface area contributed by atoms with Gasteiger partial charge in [0.05, 0.1) is 10.9 Å². The van der Waals surface area contributed by atoms with Crippen LogP contribution in [0.25, 0.3) is 21.1 Å². The van der Waals surface area contributed by atoms with Crippen LogP contribution in [0.15, 0.2) is 9.59 Å². The van der Waals surface area contributed by atoms with Crippen LogP contribution in [-0.4, -0.2) is 28.1 Å². The van der Waals surface area contributed by atoms with Crippen LogP contribution in [0.1, 0.15) is 38.6 Å². The van der Waals surface area contributed by atoms with Gasteiger partial charge in [0.25, 0.3) is 5.56 Å². The molecular formula is C20H21F3N4O2S. The first kappa shape index (κ1) is 19.6. The summed E-state index contributed by atoms with van der Waals surface area (Å²) >= 11 is 0.911. The number of rotatable bonds is 3. The average molecular weight is 438 g/mol. The summed E-state index contributed by atoms with van der Waals surface area (Å²) in [7, 11) is 0. The Labute approximate surface area is 173 Å². The quantitative estimate of drug-likeness (QED) is 0.615. The number of halogens is 3. The average Bonchev–Trinajstić information content (AvgIpc) is 3.48. The minimum absolute atomic E-state index is 0.164. The Morgan fingerprint density at radius 3 is 2.47 bits per heavy atom. The van der Waals surface area contributed by atoms with E-state index < -0.39 is 39.5 Å². The summed E-state index contributed by atoms with van der Waals surface area (Å²) in [6.07, 6.45) is 2.92. The lowest BCUT2D eigenvalue weighted by Gasteiger charge is -2.38. The molecule has 0 amide bonds. The highest BCUT2D eigenvalue weighted by Crippen LogP contribution is 2.43. The molecule has 1 saturated heterocycles. The van der Waals surface area contributed by atoms with Gasteiger partial charge in [-0.2, -0.15) is 0 Å². The Morgan fingerprint density at radius 1 is 1.10 bits per heavy atom. The van der Waals surface area contributed by atoms with E-state index in [9.17, 15) is 9.59 Å². The molecule has 2 aromatic heterocycles. The van der Waals surface area contributed by atoms with Gasteiger partial charge in [0.15, 0.2) is 17.5 Å². The van der Waals surface area contributed by atoms with E-state index in [1.54, 1.807) is 0 Å². The van der Waals surface area contributed by atoms with Gasteiger partial charge in [-0.05, 0) is 36.7 Å². The summed E-state index contributed by atoms with van der Waals surface area (Å²) in [4.78, 5) is 26.7. The summed E-state index contributed by atoms with van der Waals surface area (Å²) in [6, 6.07) is -0.452. The van der Waals surface area contributed by atoms with Gasteiger partial charge in [-0.1, -0.05) is 13.3 Å². The van der Waals surface area contributed by atoms with Crippen LogP contribution >= 0.6 is 11.5 Å². The molecule has 5 rings (SSSR count). The Hall–Kier alpha value is -2.33. The maximum absolute atomic E-state index is 15.8. The third-order valence-corrected chi connectivity index (χ3v) is 7.31. The first-order valence-electron chi connectivity index (χ1n) is 10.1. The molecular weight excluding hydrogens is 417 g/mol. The number of hydrogen-bond donors (Lipinski definition) is 2. The third-order valence-electron chi connectivity index (χ3n) is 6.43. The fourth-order valence-electron chi connectivity index (χ4n) is 4.66. The lowest BCUT2D eigenvalue weighted by molar-refractivity contribution is 0.338. The SMILES string of the molecule is CC[C@H]1CCN(c2c(F)c(F)c3c(=O)c4c(=O)[nH]sc4n(C4CC4)c3c2F)C[C@H]1N. The number of nitrogens with one attached hydrogen (secondary N) is 1. The zero-order valence-corrected chi connectivity index (χ0v) is 17.1. The molecule has 30 heavy (non-hydrogen) atoms. The number of benzene rings is 1. The normalized spacial score (nSPS) is 22.4. The second kappa shape index (κ2) is 6.84. The predicted octanol–water partition coefficient (Wildman–Crippen LogP) is 3.22. The Kier molecular flexibility index (Phi) is 4.48. The second-order valence-corrected chi connectivity index (χ2v) is 9.02. The Morgan fingerprint density at radius 2 is 1.83 bits per heavy atom. The van der Waals surface area contributed by atoms with E-state index in [0.29, 0.717) is 25.8 Å². The highest BCUT2D eigenvalue weighted by atomic mass is 32.1. The number of aromatic nitrogens is 2. The molecule has 0 unspecified atom stereocenters. The number of piperidine rings is 1. The highest BCUT2D eigenvalue weighted by molar-refractivity contribution is 7.12. The van der Waals surface area contributed by atoms with Gasteiger partial charge >= 0.3 is 0 Å². The number of pyridine rings is 1. The predicted molar refractivity (Wildman–Crippen MR) is 111 cm³/mol. The molecule has 6 nitrogen and oxygen atoms in total. The fourth-order valence-corrected chi connectivity index (χ4v) is 5.58. The van der Waals surface area contributed by atoms with Crippen LogP contribution in [0.3, 0.4) is 0 Å². The van der Waals surface area contributed by atoms with E-state index in [4.69, 9.17) is 5.73 Å². The monoisotopic (exact) mass is 438 g/mol. The molecule has 1 aromatic carbocycles. The lowest BCUT2D eigenvalue weighted by atomic mass is 9.89. The third kappa shape index (κ3) is 2.66. The topological polar surface area (TPSA) is 84.1 Å². The molecule has 1 saturated carbocycles. The van der Waals surface area contributed by atoms with E-state index >= 15 is 13.2 Å². The molecule has 3 heterocycles. The molecule has 2 aliphatic rings. The molecule has 160 valence electrons. The second-order valence-electron chi connectivity index (χ2n) is 8.22. The maximum Gasteiger partial charge on any atom is 0.271 e. The van der Waals surface area contributed by atoms with Gasteiger partial charge in [-0.15, -0.1) is 0 Å². The number of H-pyrrole nitrogens is 1. The molecule has 10 heteroatoms.